The molecule has 1 saturated heterocycles. The fraction of sp³-hybridized carbons (Fsp3) is 0.611. The summed E-state index contributed by atoms with van der Waals surface area (Å²) < 4.78 is 0. The number of likely N-dealkylation sites (tertiary alicyclic amines) is 1. The van der Waals surface area contributed by atoms with Crippen LogP contribution in [0.4, 0.5) is 5.13 Å². The Morgan fingerprint density at radius 2 is 1.81 bits per heavy atom. The lowest BCUT2D eigenvalue weighted by Crippen LogP contribution is -2.39. The number of amides is 3. The highest BCUT2D eigenvalue weighted by molar-refractivity contribution is 7.15. The lowest BCUT2D eigenvalue weighted by atomic mass is 9.85. The van der Waals surface area contributed by atoms with E-state index in [1.165, 1.54) is 11.3 Å². The van der Waals surface area contributed by atoms with Gasteiger partial charge in [-0.05, 0) is 31.1 Å². The van der Waals surface area contributed by atoms with E-state index < -0.39 is 5.91 Å². The summed E-state index contributed by atoms with van der Waals surface area (Å²) in [7, 11) is 0. The quantitative estimate of drug-likeness (QED) is 0.609. The molecule has 1 saturated carbocycles. The summed E-state index contributed by atoms with van der Waals surface area (Å²) in [5, 5.41) is 12.2. The SMILES string of the molecule is CCC(CC)c1nnc(NC(=O)CN2C(=O)[C@@H]3[C@H](C2=O)[C@@H]2C=C[C@@H]3C2)s1. The molecule has 1 N–H and O–H groups in total. The molecular weight excluding hydrogens is 352 g/mol. The Morgan fingerprint density at radius 3 is 2.38 bits per heavy atom. The monoisotopic (exact) mass is 374 g/mol. The summed E-state index contributed by atoms with van der Waals surface area (Å²) in [6, 6.07) is 0. The number of hydrogen-bond donors (Lipinski definition) is 1. The van der Waals surface area contributed by atoms with Gasteiger partial charge in [-0.15, -0.1) is 10.2 Å². The molecule has 2 heterocycles. The minimum atomic E-state index is -0.403. The number of nitrogens with one attached hydrogen (secondary N) is 1. The molecule has 8 heteroatoms. The Kier molecular flexibility index (Phi) is 4.38. The van der Waals surface area contributed by atoms with Gasteiger partial charge in [-0.3, -0.25) is 24.6 Å². The first-order valence-corrected chi connectivity index (χ1v) is 10.0. The van der Waals surface area contributed by atoms with E-state index in [0.717, 1.165) is 29.2 Å². The maximum Gasteiger partial charge on any atom is 0.246 e. The largest absolute Gasteiger partial charge is 0.299 e. The van der Waals surface area contributed by atoms with Gasteiger partial charge in [0.1, 0.15) is 11.6 Å². The van der Waals surface area contributed by atoms with Crippen LogP contribution in [0.25, 0.3) is 0 Å². The normalized spacial score (nSPS) is 29.1. The second-order valence-corrected chi connectivity index (χ2v) is 8.28. The van der Waals surface area contributed by atoms with Gasteiger partial charge >= 0.3 is 0 Å². The van der Waals surface area contributed by atoms with Gasteiger partial charge in [0.2, 0.25) is 22.9 Å². The third-order valence-corrected chi connectivity index (χ3v) is 6.89. The predicted molar refractivity (Wildman–Crippen MR) is 96.3 cm³/mol. The van der Waals surface area contributed by atoms with Gasteiger partial charge in [0.25, 0.3) is 0 Å². The van der Waals surface area contributed by atoms with Crippen LogP contribution in [-0.2, 0) is 14.4 Å². The van der Waals surface area contributed by atoms with Gasteiger partial charge in [0.05, 0.1) is 11.8 Å². The number of anilines is 1. The van der Waals surface area contributed by atoms with Crippen LogP contribution < -0.4 is 5.32 Å². The molecule has 0 radical (unpaired) electrons. The van der Waals surface area contributed by atoms with Crippen molar-refractivity contribution >= 4 is 34.2 Å². The average Bonchev–Trinajstić information content (AvgIpc) is 3.38. The maximum absolute atomic E-state index is 12.6. The zero-order valence-corrected chi connectivity index (χ0v) is 15.7. The predicted octanol–water partition coefficient (Wildman–Crippen LogP) is 2.19. The fourth-order valence-electron chi connectivity index (χ4n) is 4.51. The molecule has 4 rings (SSSR count). The van der Waals surface area contributed by atoms with Crippen LogP contribution in [0.3, 0.4) is 0 Å². The van der Waals surface area contributed by atoms with Crippen molar-refractivity contribution in [1.29, 1.82) is 0 Å². The molecule has 1 aliphatic heterocycles. The number of carbonyl (C=O) groups is 3. The van der Waals surface area contributed by atoms with Crippen molar-refractivity contribution in [3.8, 4) is 0 Å². The Hall–Kier alpha value is -2.09. The highest BCUT2D eigenvalue weighted by Crippen LogP contribution is 2.52. The number of imide groups is 1. The number of rotatable bonds is 6. The zero-order chi connectivity index (χ0) is 18.4. The summed E-state index contributed by atoms with van der Waals surface area (Å²) in [6.45, 7) is 3.94. The standard InChI is InChI=1S/C18H22N4O3S/c1-3-9(4-2)15-20-21-18(26-15)19-12(23)8-22-16(24)13-10-5-6-11(7-10)14(13)17(22)25/h5-6,9-11,13-14H,3-4,7-8H2,1-2H3,(H,19,21,23)/t10-,11-,13-,14+/m1/s1. The molecule has 2 fully saturated rings. The van der Waals surface area contributed by atoms with Crippen molar-refractivity contribution in [3.63, 3.8) is 0 Å². The maximum atomic E-state index is 12.6. The average molecular weight is 374 g/mol. The van der Waals surface area contributed by atoms with Crippen LogP contribution in [0.2, 0.25) is 0 Å². The van der Waals surface area contributed by atoms with Crippen molar-refractivity contribution in [3.05, 3.63) is 17.2 Å². The Labute approximate surface area is 155 Å². The molecule has 4 atom stereocenters. The van der Waals surface area contributed by atoms with Crippen molar-refractivity contribution in [2.45, 2.75) is 39.0 Å². The van der Waals surface area contributed by atoms with E-state index in [0.29, 0.717) is 11.0 Å². The Morgan fingerprint density at radius 1 is 1.19 bits per heavy atom. The zero-order valence-electron chi connectivity index (χ0n) is 14.8. The number of nitrogens with zero attached hydrogens (tertiary/aromatic N) is 3. The van der Waals surface area contributed by atoms with Crippen molar-refractivity contribution in [2.75, 3.05) is 11.9 Å². The molecular formula is C18H22N4O3S. The minimum absolute atomic E-state index is 0.153. The second-order valence-electron chi connectivity index (χ2n) is 7.27. The smallest absolute Gasteiger partial charge is 0.246 e. The molecule has 2 aliphatic carbocycles. The summed E-state index contributed by atoms with van der Waals surface area (Å²) in [4.78, 5) is 38.7. The topological polar surface area (TPSA) is 92.3 Å². The van der Waals surface area contributed by atoms with E-state index in [9.17, 15) is 14.4 Å². The van der Waals surface area contributed by atoms with Crippen LogP contribution in [0.15, 0.2) is 12.2 Å². The first-order chi connectivity index (χ1) is 12.5. The molecule has 0 unspecified atom stereocenters. The Bertz CT molecular complexity index is 755. The van der Waals surface area contributed by atoms with Crippen LogP contribution in [0.1, 0.15) is 44.0 Å². The van der Waals surface area contributed by atoms with E-state index in [2.05, 4.69) is 29.4 Å². The highest BCUT2D eigenvalue weighted by atomic mass is 32.1. The number of hydrogen-bond acceptors (Lipinski definition) is 6. The highest BCUT2D eigenvalue weighted by Gasteiger charge is 2.59. The molecule has 1 aromatic heterocycles. The fourth-order valence-corrected chi connectivity index (χ4v) is 5.54. The molecule has 3 aliphatic rings. The molecule has 26 heavy (non-hydrogen) atoms. The van der Waals surface area contributed by atoms with Crippen LogP contribution in [0, 0.1) is 23.7 Å². The molecule has 2 bridgehead atoms. The van der Waals surface area contributed by atoms with Gasteiger partial charge in [-0.25, -0.2) is 0 Å². The van der Waals surface area contributed by atoms with Crippen molar-refractivity contribution in [2.24, 2.45) is 23.7 Å². The van der Waals surface area contributed by atoms with Crippen LogP contribution in [-0.4, -0.2) is 39.4 Å². The van der Waals surface area contributed by atoms with Crippen molar-refractivity contribution < 1.29 is 14.4 Å². The molecule has 138 valence electrons. The summed E-state index contributed by atoms with van der Waals surface area (Å²) in [5.74, 6) is -0.715. The number of allylic oxidation sites excluding steroid dienone is 2. The van der Waals surface area contributed by atoms with E-state index in [4.69, 9.17) is 0 Å². The Balaban J connectivity index is 1.40. The minimum Gasteiger partial charge on any atom is -0.299 e. The molecule has 1 aromatic rings. The lowest BCUT2D eigenvalue weighted by molar-refractivity contribution is -0.143. The van der Waals surface area contributed by atoms with Crippen molar-refractivity contribution in [1.82, 2.24) is 15.1 Å². The molecule has 0 spiro atoms. The summed E-state index contributed by atoms with van der Waals surface area (Å²) >= 11 is 1.35. The van der Waals surface area contributed by atoms with Gasteiger partial charge in [-0.2, -0.15) is 0 Å². The number of carbonyl (C=O) groups excluding carboxylic acids is 3. The number of aromatic nitrogens is 2. The third-order valence-electron chi connectivity index (χ3n) is 5.89. The number of fused-ring (bicyclic) bond motifs is 5. The first kappa shape index (κ1) is 17.3. The van der Waals surface area contributed by atoms with Gasteiger partial charge in [-0.1, -0.05) is 37.3 Å². The lowest BCUT2D eigenvalue weighted by Gasteiger charge is -2.16. The van der Waals surface area contributed by atoms with Crippen LogP contribution >= 0.6 is 11.3 Å². The van der Waals surface area contributed by atoms with E-state index in [1.807, 2.05) is 12.2 Å². The third kappa shape index (κ3) is 2.67. The van der Waals surface area contributed by atoms with Gasteiger partial charge in [0, 0.05) is 5.92 Å². The first-order valence-electron chi connectivity index (χ1n) is 9.20. The van der Waals surface area contributed by atoms with Crippen LogP contribution in [0.5, 0.6) is 0 Å². The van der Waals surface area contributed by atoms with E-state index in [-0.39, 0.29) is 42.0 Å². The van der Waals surface area contributed by atoms with Gasteiger partial charge in [0.15, 0.2) is 0 Å². The molecule has 0 aromatic carbocycles. The van der Waals surface area contributed by atoms with E-state index >= 15 is 0 Å². The molecule has 7 nitrogen and oxygen atoms in total. The molecule has 3 amide bonds. The van der Waals surface area contributed by atoms with E-state index in [1.54, 1.807) is 0 Å². The second kappa shape index (κ2) is 6.57. The van der Waals surface area contributed by atoms with Gasteiger partial charge < -0.3 is 0 Å². The summed E-state index contributed by atoms with van der Waals surface area (Å²) in [6.07, 6.45) is 6.91. The summed E-state index contributed by atoms with van der Waals surface area (Å²) in [5.41, 5.74) is 0.